The number of carbonyl (C=O) groups is 2. The summed E-state index contributed by atoms with van der Waals surface area (Å²) in [6.07, 6.45) is -1.47. The Kier molecular flexibility index (Phi) is 5.37. The number of nitrogens with one attached hydrogen (secondary N) is 2. The van der Waals surface area contributed by atoms with Gasteiger partial charge in [0, 0.05) is 0 Å². The number of carbonyl (C=O) groups excluding carboxylic acids is 2. The first-order chi connectivity index (χ1) is 9.28. The Balaban J connectivity index is 2.37. The van der Waals surface area contributed by atoms with Gasteiger partial charge >= 0.3 is 6.09 Å². The third kappa shape index (κ3) is 6.08. The number of hydrogen-bond donors (Lipinski definition) is 2. The fraction of sp³-hybridized carbons (Fsp3) is 0.429. The van der Waals surface area contributed by atoms with Crippen molar-refractivity contribution in [3.8, 4) is 5.75 Å². The van der Waals surface area contributed by atoms with Gasteiger partial charge in [0.15, 0.2) is 6.10 Å². The summed E-state index contributed by atoms with van der Waals surface area (Å²) in [7, 11) is 0. The minimum absolute atomic E-state index is 0.472. The summed E-state index contributed by atoms with van der Waals surface area (Å²) in [6, 6.07) is 8.94. The van der Waals surface area contributed by atoms with Crippen LogP contribution in [0, 0.1) is 0 Å². The molecule has 2 N–H and O–H groups in total. The molecular formula is C14H20N2O4. The van der Waals surface area contributed by atoms with Gasteiger partial charge in [0.25, 0.3) is 5.91 Å². The van der Waals surface area contributed by atoms with Crippen molar-refractivity contribution < 1.29 is 19.1 Å². The van der Waals surface area contributed by atoms with Crippen LogP contribution in [-0.4, -0.2) is 23.7 Å². The normalized spacial score (nSPS) is 12.2. The SMILES string of the molecule is C[C@H](Oc1ccccc1)C(=O)NNC(=O)OC(C)(C)C. The zero-order valence-electron chi connectivity index (χ0n) is 12.1. The minimum atomic E-state index is -0.743. The predicted octanol–water partition coefficient (Wildman–Crippen LogP) is 2.01. The molecule has 0 unspecified atom stereocenters. The number of benzene rings is 1. The zero-order valence-corrected chi connectivity index (χ0v) is 12.1. The van der Waals surface area contributed by atoms with Gasteiger partial charge in [-0.3, -0.25) is 10.2 Å². The second-order valence-electron chi connectivity index (χ2n) is 5.19. The van der Waals surface area contributed by atoms with Gasteiger partial charge < -0.3 is 9.47 Å². The number of rotatable bonds is 3. The van der Waals surface area contributed by atoms with E-state index in [0.29, 0.717) is 5.75 Å². The van der Waals surface area contributed by atoms with Crippen LogP contribution in [0.2, 0.25) is 0 Å². The maximum atomic E-state index is 11.7. The summed E-state index contributed by atoms with van der Waals surface area (Å²) in [5.41, 5.74) is 3.78. The Morgan fingerprint density at radius 2 is 1.70 bits per heavy atom. The number of hydrazine groups is 1. The highest BCUT2D eigenvalue weighted by molar-refractivity contribution is 5.82. The lowest BCUT2D eigenvalue weighted by Crippen LogP contribution is -2.48. The van der Waals surface area contributed by atoms with Crippen molar-refractivity contribution in [1.29, 1.82) is 0 Å². The van der Waals surface area contributed by atoms with Gasteiger partial charge in [-0.05, 0) is 39.8 Å². The topological polar surface area (TPSA) is 76.7 Å². The lowest BCUT2D eigenvalue weighted by molar-refractivity contribution is -0.128. The van der Waals surface area contributed by atoms with E-state index in [-0.39, 0.29) is 0 Å². The molecule has 6 heteroatoms. The van der Waals surface area contributed by atoms with Gasteiger partial charge in [-0.1, -0.05) is 18.2 Å². The van der Waals surface area contributed by atoms with E-state index in [1.807, 2.05) is 6.07 Å². The Morgan fingerprint density at radius 1 is 1.10 bits per heavy atom. The van der Waals surface area contributed by atoms with Crippen LogP contribution in [0.3, 0.4) is 0 Å². The van der Waals surface area contributed by atoms with Crippen molar-refractivity contribution >= 4 is 12.0 Å². The molecule has 0 bridgehead atoms. The molecule has 0 saturated heterocycles. The second-order valence-corrected chi connectivity index (χ2v) is 5.19. The van der Waals surface area contributed by atoms with Crippen LogP contribution in [0.1, 0.15) is 27.7 Å². The summed E-state index contributed by atoms with van der Waals surface area (Å²) in [6.45, 7) is 6.78. The Labute approximate surface area is 118 Å². The smallest absolute Gasteiger partial charge is 0.426 e. The molecule has 1 atom stereocenters. The van der Waals surface area contributed by atoms with Crippen molar-refractivity contribution in [2.24, 2.45) is 0 Å². The molecule has 20 heavy (non-hydrogen) atoms. The Bertz CT molecular complexity index is 454. The molecule has 0 aliphatic rings. The van der Waals surface area contributed by atoms with Crippen LogP contribution in [-0.2, 0) is 9.53 Å². The van der Waals surface area contributed by atoms with E-state index in [1.165, 1.54) is 0 Å². The molecule has 0 saturated carbocycles. The maximum absolute atomic E-state index is 11.7. The predicted molar refractivity (Wildman–Crippen MR) is 74.0 cm³/mol. The van der Waals surface area contributed by atoms with Crippen LogP contribution < -0.4 is 15.6 Å². The highest BCUT2D eigenvalue weighted by atomic mass is 16.6. The van der Waals surface area contributed by atoms with Gasteiger partial charge in [0.2, 0.25) is 0 Å². The van der Waals surface area contributed by atoms with E-state index < -0.39 is 23.7 Å². The molecule has 6 nitrogen and oxygen atoms in total. The molecule has 0 aliphatic heterocycles. The molecule has 0 aliphatic carbocycles. The van der Waals surface area contributed by atoms with Crippen molar-refractivity contribution in [1.82, 2.24) is 10.9 Å². The molecule has 2 amide bonds. The van der Waals surface area contributed by atoms with E-state index in [2.05, 4.69) is 10.9 Å². The summed E-state index contributed by atoms with van der Waals surface area (Å²) in [4.78, 5) is 23.1. The molecule has 0 heterocycles. The van der Waals surface area contributed by atoms with Gasteiger partial charge in [0.05, 0.1) is 0 Å². The van der Waals surface area contributed by atoms with E-state index in [4.69, 9.17) is 9.47 Å². The standard InChI is InChI=1S/C14H20N2O4/c1-10(19-11-8-6-5-7-9-11)12(17)15-16-13(18)20-14(2,3)4/h5-10H,1-4H3,(H,15,17)(H,16,18)/t10-/m0/s1. The quantitative estimate of drug-likeness (QED) is 0.830. The molecule has 110 valence electrons. The minimum Gasteiger partial charge on any atom is -0.481 e. The van der Waals surface area contributed by atoms with Crippen molar-refractivity contribution in [3.05, 3.63) is 30.3 Å². The molecule has 0 fully saturated rings. The second kappa shape index (κ2) is 6.79. The third-order valence-corrected chi connectivity index (χ3v) is 2.11. The Morgan fingerprint density at radius 3 is 2.25 bits per heavy atom. The fourth-order valence-corrected chi connectivity index (χ4v) is 1.27. The highest BCUT2D eigenvalue weighted by Gasteiger charge is 2.19. The Hall–Kier alpha value is -2.24. The molecule has 1 aromatic carbocycles. The van der Waals surface area contributed by atoms with Crippen molar-refractivity contribution in [2.75, 3.05) is 0 Å². The van der Waals surface area contributed by atoms with E-state index in [0.717, 1.165) is 0 Å². The lowest BCUT2D eigenvalue weighted by Gasteiger charge is -2.20. The van der Waals surface area contributed by atoms with Gasteiger partial charge in [0.1, 0.15) is 11.4 Å². The zero-order chi connectivity index (χ0) is 15.2. The van der Waals surface area contributed by atoms with Crippen molar-refractivity contribution in [3.63, 3.8) is 0 Å². The first-order valence-corrected chi connectivity index (χ1v) is 6.28. The molecule has 0 radical (unpaired) electrons. The number of hydrogen-bond acceptors (Lipinski definition) is 4. The maximum Gasteiger partial charge on any atom is 0.426 e. The number of para-hydroxylation sites is 1. The first kappa shape index (κ1) is 15.8. The van der Waals surface area contributed by atoms with Crippen LogP contribution in [0.15, 0.2) is 30.3 Å². The average Bonchev–Trinajstić information content (AvgIpc) is 2.35. The van der Waals surface area contributed by atoms with E-state index in [9.17, 15) is 9.59 Å². The molecular weight excluding hydrogens is 260 g/mol. The van der Waals surface area contributed by atoms with Crippen LogP contribution in [0.4, 0.5) is 4.79 Å². The lowest BCUT2D eigenvalue weighted by atomic mass is 10.2. The fourth-order valence-electron chi connectivity index (χ4n) is 1.27. The summed E-state index contributed by atoms with van der Waals surface area (Å²) < 4.78 is 10.4. The summed E-state index contributed by atoms with van der Waals surface area (Å²) in [5, 5.41) is 0. The van der Waals surface area contributed by atoms with Gasteiger partial charge in [-0.2, -0.15) is 0 Å². The monoisotopic (exact) mass is 280 g/mol. The van der Waals surface area contributed by atoms with Gasteiger partial charge in [-0.15, -0.1) is 0 Å². The van der Waals surface area contributed by atoms with E-state index in [1.54, 1.807) is 52.0 Å². The first-order valence-electron chi connectivity index (χ1n) is 6.28. The summed E-state index contributed by atoms with van der Waals surface area (Å²) >= 11 is 0. The van der Waals surface area contributed by atoms with Crippen LogP contribution >= 0.6 is 0 Å². The third-order valence-electron chi connectivity index (χ3n) is 2.11. The summed E-state index contributed by atoms with van der Waals surface area (Å²) in [5.74, 6) is 0.104. The van der Waals surface area contributed by atoms with Crippen LogP contribution in [0.25, 0.3) is 0 Å². The molecule has 1 rings (SSSR count). The van der Waals surface area contributed by atoms with Crippen molar-refractivity contribution in [2.45, 2.75) is 39.4 Å². The molecule has 0 aromatic heterocycles. The highest BCUT2D eigenvalue weighted by Crippen LogP contribution is 2.10. The van der Waals surface area contributed by atoms with Gasteiger partial charge in [-0.25, -0.2) is 10.2 Å². The molecule has 0 spiro atoms. The molecule has 1 aromatic rings. The van der Waals surface area contributed by atoms with Crippen LogP contribution in [0.5, 0.6) is 5.75 Å². The number of ether oxygens (including phenoxy) is 2. The van der Waals surface area contributed by atoms with E-state index >= 15 is 0 Å². The number of amides is 2. The largest absolute Gasteiger partial charge is 0.481 e. The average molecular weight is 280 g/mol.